The van der Waals surface area contributed by atoms with E-state index >= 15 is 0 Å². The highest BCUT2D eigenvalue weighted by Crippen LogP contribution is 2.48. The summed E-state index contributed by atoms with van der Waals surface area (Å²) >= 11 is 0. The smallest absolute Gasteiger partial charge is 0.137 e. The van der Waals surface area contributed by atoms with Gasteiger partial charge in [0.2, 0.25) is 0 Å². The van der Waals surface area contributed by atoms with Gasteiger partial charge in [-0.3, -0.25) is 0 Å². The molecule has 0 aliphatic carbocycles. The average molecular weight is 718 g/mol. The zero-order valence-electron chi connectivity index (χ0n) is 30.5. The van der Waals surface area contributed by atoms with Gasteiger partial charge >= 0.3 is 0 Å². The molecule has 0 bridgehead atoms. The molecule has 11 aromatic rings. The molecule has 2 heterocycles. The molecule has 0 aliphatic heterocycles. The van der Waals surface area contributed by atoms with E-state index in [2.05, 4.69) is 215 Å². The zero-order chi connectivity index (χ0) is 37.0. The van der Waals surface area contributed by atoms with E-state index in [1.54, 1.807) is 0 Å². The summed E-state index contributed by atoms with van der Waals surface area (Å²) < 4.78 is 8.91. The Balaban J connectivity index is 1.26. The molecule has 0 unspecified atom stereocenters. The molecular weight excluding hydrogens is 683 g/mol. The number of benzene rings is 9. The van der Waals surface area contributed by atoms with Crippen LogP contribution in [0.25, 0.3) is 60.2 Å². The van der Waals surface area contributed by atoms with Crippen molar-refractivity contribution in [2.75, 3.05) is 9.80 Å². The van der Waals surface area contributed by atoms with E-state index in [-0.39, 0.29) is 0 Å². The third-order valence-corrected chi connectivity index (χ3v) is 10.9. The zero-order valence-corrected chi connectivity index (χ0v) is 30.5. The largest absolute Gasteiger partial charge is 0.456 e. The predicted octanol–water partition coefficient (Wildman–Crippen LogP) is 14.8. The standard InChI is InChI=1S/C52H35N3O/c1-4-18-38(19-5-1)53(42-30-31-45-44-24-13-15-27-50(44)56-51(45)35-42)43-33-48(54(39-20-6-2-7-21-39)40-22-8-3-9-23-40)52-46-25-12-14-26-47(46)55(49(52)34-43)41-29-28-36-16-10-11-17-37(36)32-41/h1-35H. The fourth-order valence-corrected chi connectivity index (χ4v) is 8.42. The van der Waals surface area contributed by atoms with Crippen LogP contribution in [0, 0.1) is 0 Å². The fraction of sp³-hybridized carbons (Fsp3) is 0. The second kappa shape index (κ2) is 13.1. The first kappa shape index (κ1) is 31.9. The van der Waals surface area contributed by atoms with E-state index in [1.165, 1.54) is 21.5 Å². The lowest BCUT2D eigenvalue weighted by molar-refractivity contribution is 0.669. The molecule has 11 rings (SSSR count). The van der Waals surface area contributed by atoms with Crippen molar-refractivity contribution >= 4 is 88.6 Å². The minimum Gasteiger partial charge on any atom is -0.456 e. The number of fused-ring (bicyclic) bond motifs is 7. The summed E-state index contributed by atoms with van der Waals surface area (Å²) in [6, 6.07) is 75.8. The molecule has 0 spiro atoms. The Morgan fingerprint density at radius 3 is 1.66 bits per heavy atom. The van der Waals surface area contributed by atoms with Gasteiger partial charge in [-0.2, -0.15) is 0 Å². The number of anilines is 6. The van der Waals surface area contributed by atoms with Crippen LogP contribution in [0.15, 0.2) is 217 Å². The van der Waals surface area contributed by atoms with Gasteiger partial charge in [0.15, 0.2) is 0 Å². The maximum absolute atomic E-state index is 6.48. The Hall–Kier alpha value is -7.56. The van der Waals surface area contributed by atoms with Crippen LogP contribution in [0.5, 0.6) is 0 Å². The van der Waals surface area contributed by atoms with Gasteiger partial charge in [-0.15, -0.1) is 0 Å². The molecule has 0 saturated carbocycles. The summed E-state index contributed by atoms with van der Waals surface area (Å²) in [5.74, 6) is 0. The second-order valence-electron chi connectivity index (χ2n) is 14.2. The van der Waals surface area contributed by atoms with E-state index in [1.807, 2.05) is 12.1 Å². The number of furan rings is 1. The summed E-state index contributed by atoms with van der Waals surface area (Å²) in [5.41, 5.74) is 11.4. The molecule has 0 atom stereocenters. The van der Waals surface area contributed by atoms with E-state index < -0.39 is 0 Å². The number of hydrogen-bond acceptors (Lipinski definition) is 3. The molecule has 9 aromatic carbocycles. The molecule has 0 saturated heterocycles. The highest BCUT2D eigenvalue weighted by atomic mass is 16.3. The first-order valence-electron chi connectivity index (χ1n) is 19.0. The molecule has 264 valence electrons. The van der Waals surface area contributed by atoms with Crippen molar-refractivity contribution in [2.45, 2.75) is 0 Å². The Bertz CT molecular complexity index is 3160. The van der Waals surface area contributed by atoms with Gasteiger partial charge in [0.25, 0.3) is 0 Å². The first-order chi connectivity index (χ1) is 27.8. The van der Waals surface area contributed by atoms with Crippen LogP contribution in [-0.2, 0) is 0 Å². The minimum atomic E-state index is 0.853. The van der Waals surface area contributed by atoms with Gasteiger partial charge in [0, 0.05) is 56.0 Å². The van der Waals surface area contributed by atoms with Crippen LogP contribution in [0.4, 0.5) is 34.1 Å². The lowest BCUT2D eigenvalue weighted by Gasteiger charge is -2.30. The number of aromatic nitrogens is 1. The van der Waals surface area contributed by atoms with Crippen LogP contribution in [0.3, 0.4) is 0 Å². The Labute approximate surface area is 324 Å². The van der Waals surface area contributed by atoms with Crippen molar-refractivity contribution in [3.05, 3.63) is 212 Å². The summed E-state index contributed by atoms with van der Waals surface area (Å²) in [4.78, 5) is 4.75. The van der Waals surface area contributed by atoms with Crippen molar-refractivity contribution in [2.24, 2.45) is 0 Å². The number of hydrogen-bond donors (Lipinski definition) is 0. The molecular formula is C52H35N3O. The number of nitrogens with zero attached hydrogens (tertiary/aromatic N) is 3. The van der Waals surface area contributed by atoms with E-state index in [9.17, 15) is 0 Å². The minimum absolute atomic E-state index is 0.853. The van der Waals surface area contributed by atoms with E-state index in [4.69, 9.17) is 4.42 Å². The highest BCUT2D eigenvalue weighted by Gasteiger charge is 2.25. The quantitative estimate of drug-likeness (QED) is 0.164. The molecule has 4 heteroatoms. The SMILES string of the molecule is c1ccc(N(c2ccc3c(c2)oc2ccccc23)c2cc(N(c3ccccc3)c3ccccc3)c3c4ccccc4n(-c4ccc5ccccc5c4)c3c2)cc1. The van der Waals surface area contributed by atoms with Crippen molar-refractivity contribution in [3.63, 3.8) is 0 Å². The van der Waals surface area contributed by atoms with Gasteiger partial charge in [0.05, 0.1) is 22.4 Å². The Morgan fingerprint density at radius 2 is 0.929 bits per heavy atom. The fourth-order valence-electron chi connectivity index (χ4n) is 8.42. The normalized spacial score (nSPS) is 11.6. The van der Waals surface area contributed by atoms with Gasteiger partial charge in [0.1, 0.15) is 11.2 Å². The molecule has 2 aromatic heterocycles. The summed E-state index contributed by atoms with van der Waals surface area (Å²) in [6.07, 6.45) is 0. The molecule has 0 fully saturated rings. The summed E-state index contributed by atoms with van der Waals surface area (Å²) in [7, 11) is 0. The number of rotatable bonds is 7. The highest BCUT2D eigenvalue weighted by molar-refractivity contribution is 6.18. The van der Waals surface area contributed by atoms with Crippen molar-refractivity contribution in [1.82, 2.24) is 4.57 Å². The van der Waals surface area contributed by atoms with Gasteiger partial charge in [-0.05, 0) is 95.7 Å². The van der Waals surface area contributed by atoms with Crippen molar-refractivity contribution in [1.29, 1.82) is 0 Å². The summed E-state index contributed by atoms with van der Waals surface area (Å²) in [6.45, 7) is 0. The van der Waals surface area contributed by atoms with Crippen LogP contribution in [0.2, 0.25) is 0 Å². The molecule has 4 nitrogen and oxygen atoms in total. The van der Waals surface area contributed by atoms with Gasteiger partial charge < -0.3 is 18.8 Å². The van der Waals surface area contributed by atoms with Crippen molar-refractivity contribution in [3.8, 4) is 5.69 Å². The van der Waals surface area contributed by atoms with Crippen molar-refractivity contribution < 1.29 is 4.42 Å². The van der Waals surface area contributed by atoms with Crippen LogP contribution < -0.4 is 9.80 Å². The lowest BCUT2D eigenvalue weighted by atomic mass is 10.1. The third-order valence-electron chi connectivity index (χ3n) is 10.9. The van der Waals surface area contributed by atoms with Gasteiger partial charge in [-0.25, -0.2) is 0 Å². The topological polar surface area (TPSA) is 24.6 Å². The van der Waals surface area contributed by atoms with Crippen LogP contribution >= 0.6 is 0 Å². The monoisotopic (exact) mass is 717 g/mol. The summed E-state index contributed by atoms with van der Waals surface area (Å²) in [5, 5.41) is 6.99. The molecule has 0 amide bonds. The molecule has 0 aliphatic rings. The molecule has 0 radical (unpaired) electrons. The first-order valence-corrected chi connectivity index (χ1v) is 19.0. The molecule has 56 heavy (non-hydrogen) atoms. The maximum Gasteiger partial charge on any atom is 0.137 e. The van der Waals surface area contributed by atoms with Crippen LogP contribution in [0.1, 0.15) is 0 Å². The van der Waals surface area contributed by atoms with E-state index in [0.29, 0.717) is 0 Å². The number of para-hydroxylation sites is 5. The third kappa shape index (κ3) is 5.23. The second-order valence-corrected chi connectivity index (χ2v) is 14.2. The lowest BCUT2D eigenvalue weighted by Crippen LogP contribution is -2.14. The molecule has 0 N–H and O–H groups in total. The van der Waals surface area contributed by atoms with Crippen LogP contribution in [-0.4, -0.2) is 4.57 Å². The van der Waals surface area contributed by atoms with E-state index in [0.717, 1.165) is 72.8 Å². The Morgan fingerprint density at radius 1 is 0.339 bits per heavy atom. The Kier molecular flexibility index (Phi) is 7.46. The maximum atomic E-state index is 6.48. The van der Waals surface area contributed by atoms with Gasteiger partial charge in [-0.1, -0.05) is 121 Å². The average Bonchev–Trinajstić information content (AvgIpc) is 3.80. The predicted molar refractivity (Wildman–Crippen MR) is 235 cm³/mol.